The van der Waals surface area contributed by atoms with Crippen LogP contribution in [0.2, 0.25) is 0 Å². The van der Waals surface area contributed by atoms with Crippen molar-refractivity contribution in [1.82, 2.24) is 0 Å². The summed E-state index contributed by atoms with van der Waals surface area (Å²) in [6, 6.07) is 7.38. The largest absolute Gasteiger partial charge is 0.450 e. The molecule has 0 spiro atoms. The Morgan fingerprint density at radius 1 is 0.793 bits per heavy atom. The van der Waals surface area contributed by atoms with Gasteiger partial charge < -0.3 is 0 Å². The molecule has 0 aliphatic carbocycles. The summed E-state index contributed by atoms with van der Waals surface area (Å²) in [6.45, 7) is 2.15. The molecule has 6 heteroatoms. The van der Waals surface area contributed by atoms with Gasteiger partial charge in [0.25, 0.3) is 0 Å². The lowest BCUT2D eigenvalue weighted by Gasteiger charge is -2.22. The van der Waals surface area contributed by atoms with Crippen LogP contribution in [0.1, 0.15) is 95.5 Å². The number of hydrogen-bond donors (Lipinski definition) is 0. The van der Waals surface area contributed by atoms with Crippen LogP contribution in [0.3, 0.4) is 0 Å². The maximum Gasteiger partial charge on any atom is 0.450 e. The van der Waals surface area contributed by atoms with Gasteiger partial charge in [-0.3, -0.25) is 4.79 Å². The normalized spacial score (nSPS) is 13.4. The Kier molecular flexibility index (Phi) is 11.4. The van der Waals surface area contributed by atoms with E-state index in [4.69, 9.17) is 0 Å². The summed E-state index contributed by atoms with van der Waals surface area (Å²) in [5.41, 5.74) is 0.133. The Bertz CT molecular complexity index is 568. The predicted octanol–water partition coefficient (Wildman–Crippen LogP) is 8.24. The van der Waals surface area contributed by atoms with Crippen molar-refractivity contribution in [3.05, 3.63) is 35.9 Å². The van der Waals surface area contributed by atoms with Gasteiger partial charge in [0.15, 0.2) is 0 Å². The van der Waals surface area contributed by atoms with Gasteiger partial charge >= 0.3 is 6.18 Å². The summed E-state index contributed by atoms with van der Waals surface area (Å²) < 4.78 is 67.0. The van der Waals surface area contributed by atoms with Crippen molar-refractivity contribution < 1.29 is 26.7 Å². The number of Topliss-reactive ketones (excluding diaryl/α,β-unsaturated/α-hetero) is 1. The van der Waals surface area contributed by atoms with Crippen molar-refractivity contribution >= 4 is 5.78 Å². The van der Waals surface area contributed by atoms with Gasteiger partial charge in [-0.1, -0.05) is 88.6 Å². The summed E-state index contributed by atoms with van der Waals surface area (Å²) in [4.78, 5) is 11.7. The van der Waals surface area contributed by atoms with Crippen molar-refractivity contribution in [2.45, 2.75) is 102 Å². The van der Waals surface area contributed by atoms with Crippen LogP contribution in [0.25, 0.3) is 0 Å². The number of rotatable bonds is 15. The van der Waals surface area contributed by atoms with Crippen LogP contribution in [-0.4, -0.2) is 17.9 Å². The molecule has 0 saturated heterocycles. The van der Waals surface area contributed by atoms with E-state index < -0.39 is 36.6 Å². The molecule has 0 aliphatic rings. The van der Waals surface area contributed by atoms with Gasteiger partial charge in [-0.25, -0.2) is 8.78 Å². The Hall–Kier alpha value is -1.46. The van der Waals surface area contributed by atoms with Crippen LogP contribution in [0.4, 0.5) is 22.0 Å². The quantitative estimate of drug-likeness (QED) is 0.206. The number of ketones is 1. The number of hydrogen-bond acceptors (Lipinski definition) is 1. The minimum absolute atomic E-state index is 0.133. The first kappa shape index (κ1) is 25.6. The monoisotopic (exact) mass is 420 g/mol. The third-order valence-electron chi connectivity index (χ3n) is 5.24. The van der Waals surface area contributed by atoms with Crippen LogP contribution >= 0.6 is 0 Å². The van der Waals surface area contributed by atoms with Crippen molar-refractivity contribution in [2.75, 3.05) is 0 Å². The van der Waals surface area contributed by atoms with Gasteiger partial charge in [0, 0.05) is 12.8 Å². The maximum atomic E-state index is 14.2. The summed E-state index contributed by atoms with van der Waals surface area (Å²) in [7, 11) is 0. The van der Waals surface area contributed by atoms with Crippen molar-refractivity contribution in [1.29, 1.82) is 0 Å². The van der Waals surface area contributed by atoms with Crippen LogP contribution in [0.5, 0.6) is 0 Å². The van der Waals surface area contributed by atoms with E-state index in [1.165, 1.54) is 49.9 Å². The van der Waals surface area contributed by atoms with E-state index in [1.54, 1.807) is 6.07 Å². The highest BCUT2D eigenvalue weighted by molar-refractivity contribution is 5.90. The molecular formula is C23H33F5O. The second kappa shape index (κ2) is 13.0. The SMILES string of the molecule is CCCCCCCCCCCC(F)(F)CCC(C(=O)C(F)(F)F)c1ccccc1. The first-order valence-electron chi connectivity index (χ1n) is 10.7. The van der Waals surface area contributed by atoms with E-state index in [-0.39, 0.29) is 12.0 Å². The fourth-order valence-electron chi connectivity index (χ4n) is 3.51. The lowest BCUT2D eigenvalue weighted by atomic mass is 9.88. The fourth-order valence-corrected chi connectivity index (χ4v) is 3.51. The first-order valence-corrected chi connectivity index (χ1v) is 10.7. The smallest absolute Gasteiger partial charge is 0.289 e. The van der Waals surface area contributed by atoms with E-state index in [1.807, 2.05) is 0 Å². The molecule has 29 heavy (non-hydrogen) atoms. The first-order chi connectivity index (χ1) is 13.7. The van der Waals surface area contributed by atoms with E-state index in [2.05, 4.69) is 6.92 Å². The molecule has 0 amide bonds. The molecule has 1 atom stereocenters. The van der Waals surface area contributed by atoms with Gasteiger partial charge in [0.1, 0.15) is 0 Å². The average molecular weight is 421 g/mol. The molecule has 0 aromatic heterocycles. The highest BCUT2D eigenvalue weighted by atomic mass is 19.4. The molecule has 1 aromatic rings. The van der Waals surface area contributed by atoms with Gasteiger partial charge in [0.2, 0.25) is 11.7 Å². The summed E-state index contributed by atoms with van der Waals surface area (Å²) in [5, 5.41) is 0. The van der Waals surface area contributed by atoms with Crippen molar-refractivity contribution in [3.63, 3.8) is 0 Å². The van der Waals surface area contributed by atoms with Gasteiger partial charge in [-0.05, 0) is 18.4 Å². The topological polar surface area (TPSA) is 17.1 Å². The number of benzene rings is 1. The van der Waals surface area contributed by atoms with Crippen LogP contribution in [0.15, 0.2) is 30.3 Å². The third-order valence-corrected chi connectivity index (χ3v) is 5.24. The minimum Gasteiger partial charge on any atom is -0.289 e. The molecule has 0 radical (unpaired) electrons. The molecule has 0 N–H and O–H groups in total. The van der Waals surface area contributed by atoms with Crippen LogP contribution in [0, 0.1) is 0 Å². The predicted molar refractivity (Wildman–Crippen MR) is 106 cm³/mol. The molecule has 0 fully saturated rings. The molecule has 0 saturated carbocycles. The second-order valence-corrected chi connectivity index (χ2v) is 7.80. The molecule has 0 heterocycles. The number of alkyl halides is 5. The molecule has 0 aliphatic heterocycles. The molecule has 1 aromatic carbocycles. The van der Waals surface area contributed by atoms with Crippen molar-refractivity contribution in [3.8, 4) is 0 Å². The van der Waals surface area contributed by atoms with Gasteiger partial charge in [-0.15, -0.1) is 0 Å². The fraction of sp³-hybridized carbons (Fsp3) is 0.696. The zero-order valence-corrected chi connectivity index (χ0v) is 17.2. The number of carbonyl (C=O) groups excluding carboxylic acids is 1. The standard InChI is InChI=1S/C23H33F5O/c1-2-3-4-5-6-7-8-9-13-17-22(24,25)18-16-20(21(29)23(26,27)28)19-14-11-10-12-15-19/h10-12,14-15,20H,2-9,13,16-18H2,1H3. The van der Waals surface area contributed by atoms with E-state index in [0.29, 0.717) is 12.8 Å². The molecular weight excluding hydrogens is 387 g/mol. The lowest BCUT2D eigenvalue weighted by Crippen LogP contribution is -2.30. The maximum absolute atomic E-state index is 14.2. The van der Waals surface area contributed by atoms with Gasteiger partial charge in [0.05, 0.1) is 5.92 Å². The lowest BCUT2D eigenvalue weighted by molar-refractivity contribution is -0.173. The highest BCUT2D eigenvalue weighted by Crippen LogP contribution is 2.36. The molecule has 1 rings (SSSR count). The molecule has 166 valence electrons. The number of halogens is 5. The highest BCUT2D eigenvalue weighted by Gasteiger charge is 2.44. The minimum atomic E-state index is -5.03. The third kappa shape index (κ3) is 10.8. The molecule has 0 bridgehead atoms. The zero-order valence-electron chi connectivity index (χ0n) is 17.2. The van der Waals surface area contributed by atoms with Crippen LogP contribution in [-0.2, 0) is 4.79 Å². The summed E-state index contributed by atoms with van der Waals surface area (Å²) >= 11 is 0. The van der Waals surface area contributed by atoms with E-state index in [0.717, 1.165) is 19.3 Å². The average Bonchev–Trinajstić information content (AvgIpc) is 2.66. The van der Waals surface area contributed by atoms with Gasteiger partial charge in [-0.2, -0.15) is 13.2 Å². The molecule has 1 nitrogen and oxygen atoms in total. The van der Waals surface area contributed by atoms with E-state index in [9.17, 15) is 26.7 Å². The molecule has 1 unspecified atom stereocenters. The van der Waals surface area contributed by atoms with Crippen molar-refractivity contribution in [2.24, 2.45) is 0 Å². The van der Waals surface area contributed by atoms with E-state index >= 15 is 0 Å². The van der Waals surface area contributed by atoms with Crippen LogP contribution < -0.4 is 0 Å². The zero-order chi connectivity index (χ0) is 21.8. The summed E-state index contributed by atoms with van der Waals surface area (Å²) in [6.07, 6.45) is 2.32. The Morgan fingerprint density at radius 3 is 1.83 bits per heavy atom. The Balaban J connectivity index is 2.43. The Labute approximate surface area is 171 Å². The Morgan fingerprint density at radius 2 is 1.31 bits per heavy atom. The number of unbranched alkanes of at least 4 members (excludes halogenated alkanes) is 8. The summed E-state index contributed by atoms with van der Waals surface area (Å²) in [5.74, 6) is -6.59. The second-order valence-electron chi connectivity index (χ2n) is 7.80. The number of carbonyl (C=O) groups is 1.